The molecule has 2 rings (SSSR count). The Morgan fingerprint density at radius 3 is 2.81 bits per heavy atom. The summed E-state index contributed by atoms with van der Waals surface area (Å²) in [5, 5.41) is 5.57. The lowest BCUT2D eigenvalue weighted by Gasteiger charge is -2.34. The number of hydrogen-bond acceptors (Lipinski definition) is 4. The molecule has 1 aliphatic rings. The van der Waals surface area contributed by atoms with Gasteiger partial charge in [-0.3, -0.25) is 0 Å². The Bertz CT molecular complexity index is 556. The van der Waals surface area contributed by atoms with Gasteiger partial charge in [0, 0.05) is 21.6 Å². The summed E-state index contributed by atoms with van der Waals surface area (Å²) in [7, 11) is -2.93. The van der Waals surface area contributed by atoms with E-state index in [1.807, 2.05) is 0 Å². The maximum Gasteiger partial charge on any atom is 0.150 e. The summed E-state index contributed by atoms with van der Waals surface area (Å²) in [6.45, 7) is 3.13. The molecule has 0 saturated heterocycles. The highest BCUT2D eigenvalue weighted by atomic mass is 79.9. The van der Waals surface area contributed by atoms with Crippen LogP contribution in [0.25, 0.3) is 0 Å². The molecule has 1 aromatic heterocycles. The molecule has 0 aliphatic heterocycles. The lowest BCUT2D eigenvalue weighted by molar-refractivity contribution is 0.275. The van der Waals surface area contributed by atoms with Gasteiger partial charge in [-0.25, -0.2) is 8.42 Å². The van der Waals surface area contributed by atoms with Gasteiger partial charge in [0.25, 0.3) is 0 Å². The first-order valence-electron chi connectivity index (χ1n) is 7.58. The fourth-order valence-corrected chi connectivity index (χ4v) is 6.15. The van der Waals surface area contributed by atoms with E-state index in [1.54, 1.807) is 11.3 Å². The zero-order valence-corrected chi connectivity index (χ0v) is 15.9. The van der Waals surface area contributed by atoms with Gasteiger partial charge in [0.15, 0.2) is 0 Å². The monoisotopic (exact) mass is 393 g/mol. The van der Waals surface area contributed by atoms with E-state index in [1.165, 1.54) is 11.1 Å². The molecule has 1 aromatic rings. The molecule has 0 amide bonds. The van der Waals surface area contributed by atoms with Crippen LogP contribution in [0.15, 0.2) is 15.9 Å². The highest BCUT2D eigenvalue weighted by Gasteiger charge is 2.34. The first kappa shape index (κ1) is 17.4. The van der Waals surface area contributed by atoms with E-state index in [4.69, 9.17) is 0 Å². The minimum absolute atomic E-state index is 0.166. The van der Waals surface area contributed by atoms with Gasteiger partial charge >= 0.3 is 0 Å². The Balaban J connectivity index is 2.18. The summed E-state index contributed by atoms with van der Waals surface area (Å²) in [5.74, 6) is 0.403. The highest BCUT2D eigenvalue weighted by molar-refractivity contribution is 9.10. The third-order valence-corrected chi connectivity index (χ3v) is 7.88. The van der Waals surface area contributed by atoms with E-state index in [9.17, 15) is 8.42 Å². The molecule has 1 saturated carbocycles. The van der Waals surface area contributed by atoms with E-state index in [0.717, 1.165) is 43.1 Å². The van der Waals surface area contributed by atoms with Crippen molar-refractivity contribution in [3.8, 4) is 0 Å². The molecular weight excluding hydrogens is 370 g/mol. The van der Waals surface area contributed by atoms with E-state index in [2.05, 4.69) is 39.6 Å². The van der Waals surface area contributed by atoms with Crippen molar-refractivity contribution in [2.75, 3.05) is 12.8 Å². The van der Waals surface area contributed by atoms with Gasteiger partial charge in [-0.15, -0.1) is 11.3 Å². The minimum Gasteiger partial charge on any atom is -0.309 e. The first-order valence-corrected chi connectivity index (χ1v) is 11.2. The average molecular weight is 394 g/mol. The lowest BCUT2D eigenvalue weighted by Crippen LogP contribution is -2.35. The molecule has 1 aliphatic carbocycles. The fourth-order valence-electron chi connectivity index (χ4n) is 3.17. The van der Waals surface area contributed by atoms with E-state index >= 15 is 0 Å². The molecule has 1 fully saturated rings. The molecule has 3 nitrogen and oxygen atoms in total. The van der Waals surface area contributed by atoms with E-state index in [0.29, 0.717) is 5.92 Å². The van der Waals surface area contributed by atoms with Crippen LogP contribution in [0.5, 0.6) is 0 Å². The summed E-state index contributed by atoms with van der Waals surface area (Å²) < 4.78 is 24.9. The summed E-state index contributed by atoms with van der Waals surface area (Å²) in [6.07, 6.45) is 6.19. The predicted molar refractivity (Wildman–Crippen MR) is 93.6 cm³/mol. The number of nitrogens with one attached hydrogen (secondary N) is 1. The lowest BCUT2D eigenvalue weighted by atomic mass is 9.83. The van der Waals surface area contributed by atoms with Gasteiger partial charge in [-0.05, 0) is 65.5 Å². The van der Waals surface area contributed by atoms with Crippen LogP contribution in [0.4, 0.5) is 0 Å². The third-order valence-electron chi connectivity index (χ3n) is 4.29. The van der Waals surface area contributed by atoms with Crippen molar-refractivity contribution in [1.82, 2.24) is 5.32 Å². The quantitative estimate of drug-likeness (QED) is 0.788. The van der Waals surface area contributed by atoms with Gasteiger partial charge in [0.2, 0.25) is 0 Å². The van der Waals surface area contributed by atoms with Crippen LogP contribution in [0.2, 0.25) is 0 Å². The van der Waals surface area contributed by atoms with Crippen LogP contribution in [-0.2, 0) is 9.84 Å². The van der Waals surface area contributed by atoms with Crippen molar-refractivity contribution in [2.24, 2.45) is 5.92 Å². The smallest absolute Gasteiger partial charge is 0.150 e. The maximum atomic E-state index is 11.9. The van der Waals surface area contributed by atoms with Crippen molar-refractivity contribution in [3.05, 3.63) is 20.8 Å². The zero-order valence-electron chi connectivity index (χ0n) is 12.6. The van der Waals surface area contributed by atoms with Crippen LogP contribution in [0.1, 0.15) is 49.9 Å². The van der Waals surface area contributed by atoms with Gasteiger partial charge in [-0.1, -0.05) is 13.3 Å². The molecule has 1 N–H and O–H groups in total. The largest absolute Gasteiger partial charge is 0.309 e. The molecule has 1 heterocycles. The maximum absolute atomic E-state index is 11.9. The number of sulfone groups is 1. The SMILES string of the molecule is CCCNC(c1sccc1Br)C1CCCC(S(C)(=O)=O)C1. The summed E-state index contributed by atoms with van der Waals surface area (Å²) in [6, 6.07) is 2.35. The molecule has 0 spiro atoms. The molecule has 0 bridgehead atoms. The summed E-state index contributed by atoms with van der Waals surface area (Å²) >= 11 is 5.38. The van der Waals surface area contributed by atoms with Crippen LogP contribution < -0.4 is 5.32 Å². The molecular formula is C15H24BrNO2S2. The van der Waals surface area contributed by atoms with Crippen LogP contribution in [0.3, 0.4) is 0 Å². The average Bonchev–Trinajstić information content (AvgIpc) is 2.85. The molecule has 120 valence electrons. The van der Waals surface area contributed by atoms with Crippen molar-refractivity contribution < 1.29 is 8.42 Å². The molecule has 3 atom stereocenters. The molecule has 0 radical (unpaired) electrons. The second-order valence-corrected chi connectivity index (χ2v) is 10.1. The Labute approximate surface area is 140 Å². The Kier molecular flexibility index (Phi) is 6.29. The van der Waals surface area contributed by atoms with Crippen LogP contribution in [0, 0.1) is 5.92 Å². The Morgan fingerprint density at radius 1 is 1.48 bits per heavy atom. The number of rotatable bonds is 6. The second-order valence-electron chi connectivity index (χ2n) is 5.94. The van der Waals surface area contributed by atoms with Gasteiger partial charge in [-0.2, -0.15) is 0 Å². The van der Waals surface area contributed by atoms with Crippen molar-refractivity contribution in [3.63, 3.8) is 0 Å². The molecule has 0 aromatic carbocycles. The van der Waals surface area contributed by atoms with Crippen molar-refractivity contribution in [2.45, 2.75) is 50.3 Å². The third kappa shape index (κ3) is 4.53. The van der Waals surface area contributed by atoms with Crippen molar-refractivity contribution >= 4 is 37.1 Å². The normalized spacial score (nSPS) is 24.9. The molecule has 6 heteroatoms. The van der Waals surface area contributed by atoms with Gasteiger partial charge in [0.05, 0.1) is 5.25 Å². The first-order chi connectivity index (χ1) is 9.93. The predicted octanol–water partition coefficient (Wildman–Crippen LogP) is 4.15. The highest BCUT2D eigenvalue weighted by Crippen LogP contribution is 2.41. The van der Waals surface area contributed by atoms with E-state index in [-0.39, 0.29) is 11.3 Å². The van der Waals surface area contributed by atoms with E-state index < -0.39 is 9.84 Å². The number of hydrogen-bond donors (Lipinski definition) is 1. The summed E-state index contributed by atoms with van der Waals surface area (Å²) in [4.78, 5) is 1.31. The summed E-state index contributed by atoms with van der Waals surface area (Å²) in [5.41, 5.74) is 0. The Morgan fingerprint density at radius 2 is 2.24 bits per heavy atom. The zero-order chi connectivity index (χ0) is 15.5. The number of halogens is 1. The second kappa shape index (κ2) is 7.57. The number of thiophene rings is 1. The minimum atomic E-state index is -2.93. The van der Waals surface area contributed by atoms with Gasteiger partial charge < -0.3 is 5.32 Å². The van der Waals surface area contributed by atoms with Crippen LogP contribution >= 0.6 is 27.3 Å². The topological polar surface area (TPSA) is 46.2 Å². The molecule has 21 heavy (non-hydrogen) atoms. The molecule has 3 unspecified atom stereocenters. The van der Waals surface area contributed by atoms with Crippen molar-refractivity contribution in [1.29, 1.82) is 0 Å². The Hall–Kier alpha value is 0.0900. The standard InChI is InChI=1S/C15H24BrNO2S2/c1-3-8-17-14(15-13(16)7-9-20-15)11-5-4-6-12(10-11)21(2,18)19/h7,9,11-12,14,17H,3-6,8,10H2,1-2H3. The van der Waals surface area contributed by atoms with Gasteiger partial charge in [0.1, 0.15) is 9.84 Å². The van der Waals surface area contributed by atoms with Crippen LogP contribution in [-0.4, -0.2) is 26.5 Å². The fraction of sp³-hybridized carbons (Fsp3) is 0.733.